The Bertz CT molecular complexity index is 528. The molecule has 0 radical (unpaired) electrons. The summed E-state index contributed by atoms with van der Waals surface area (Å²) in [6.07, 6.45) is -0.486. The van der Waals surface area contributed by atoms with Crippen LogP contribution in [0, 0.1) is 6.92 Å². The molecule has 0 aliphatic rings. The van der Waals surface area contributed by atoms with E-state index in [4.69, 9.17) is 9.47 Å². The molecule has 2 aromatic carbocycles. The summed E-state index contributed by atoms with van der Waals surface area (Å²) in [6.45, 7) is 4.38. The molecule has 4 nitrogen and oxygen atoms in total. The van der Waals surface area contributed by atoms with E-state index < -0.39 is 6.10 Å². The number of aryl methyl sites for hydroxylation is 1. The third-order valence-electron chi connectivity index (χ3n) is 3.24. The fraction of sp³-hybridized carbons (Fsp3) is 0.333. The van der Waals surface area contributed by atoms with Crippen LogP contribution < -0.4 is 14.8 Å². The van der Waals surface area contributed by atoms with E-state index >= 15 is 0 Å². The van der Waals surface area contributed by atoms with Gasteiger partial charge in [0, 0.05) is 0 Å². The molecule has 2 aromatic rings. The molecule has 2 rings (SSSR count). The molecule has 0 aromatic heterocycles. The van der Waals surface area contributed by atoms with Gasteiger partial charge in [0.05, 0.1) is 0 Å². The first-order chi connectivity index (χ1) is 10.7. The standard InChI is InChI=1S/C18H23NO3/c1-15-7-9-18(10-8-15)21-12-11-19-13-16(20)14-22-17-5-3-2-4-6-17/h2-10,16,19-20H,11-14H2,1H3/p+1/t16-/m1/s1. The highest BCUT2D eigenvalue weighted by Gasteiger charge is 2.07. The Balaban J connectivity index is 1.53. The molecule has 3 N–H and O–H groups in total. The zero-order valence-electron chi connectivity index (χ0n) is 12.9. The third kappa shape index (κ3) is 6.16. The Kier molecular flexibility index (Phi) is 6.74. The zero-order chi connectivity index (χ0) is 15.6. The van der Waals surface area contributed by atoms with Crippen LogP contribution in [-0.4, -0.2) is 37.5 Å². The van der Waals surface area contributed by atoms with E-state index in [-0.39, 0.29) is 0 Å². The SMILES string of the molecule is Cc1ccc(OCC[NH2+]C[C@@H](O)COc2ccccc2)cc1. The molecule has 0 unspecified atom stereocenters. The fourth-order valence-electron chi connectivity index (χ4n) is 1.98. The van der Waals surface area contributed by atoms with Gasteiger partial charge in [0.15, 0.2) is 0 Å². The molecule has 0 spiro atoms. The van der Waals surface area contributed by atoms with Crippen molar-refractivity contribution >= 4 is 0 Å². The summed E-state index contributed by atoms with van der Waals surface area (Å²) in [5, 5.41) is 11.9. The average Bonchev–Trinajstić information content (AvgIpc) is 2.55. The number of hydrogen-bond donors (Lipinski definition) is 2. The molecule has 0 aliphatic carbocycles. The van der Waals surface area contributed by atoms with Crippen molar-refractivity contribution in [1.29, 1.82) is 0 Å². The Hall–Kier alpha value is -2.04. The maximum absolute atomic E-state index is 9.86. The van der Waals surface area contributed by atoms with E-state index in [1.807, 2.05) is 59.9 Å². The van der Waals surface area contributed by atoms with E-state index in [9.17, 15) is 5.11 Å². The highest BCUT2D eigenvalue weighted by molar-refractivity contribution is 5.26. The predicted octanol–water partition coefficient (Wildman–Crippen LogP) is 1.38. The van der Waals surface area contributed by atoms with Crippen LogP contribution in [0.15, 0.2) is 54.6 Å². The molecule has 0 bridgehead atoms. The van der Waals surface area contributed by atoms with Gasteiger partial charge < -0.3 is 19.9 Å². The number of quaternary nitrogens is 1. The average molecular weight is 302 g/mol. The molecule has 0 fully saturated rings. The highest BCUT2D eigenvalue weighted by Crippen LogP contribution is 2.10. The number of aliphatic hydroxyl groups is 1. The van der Waals surface area contributed by atoms with E-state index in [1.54, 1.807) is 0 Å². The lowest BCUT2D eigenvalue weighted by Gasteiger charge is -2.11. The molecule has 0 heterocycles. The lowest BCUT2D eigenvalue weighted by molar-refractivity contribution is -0.661. The molecule has 118 valence electrons. The van der Waals surface area contributed by atoms with Crippen molar-refractivity contribution in [1.82, 2.24) is 0 Å². The van der Waals surface area contributed by atoms with Crippen LogP contribution in [0.3, 0.4) is 0 Å². The Morgan fingerprint density at radius 1 is 0.955 bits per heavy atom. The number of nitrogens with two attached hydrogens (primary N) is 1. The third-order valence-corrected chi connectivity index (χ3v) is 3.24. The van der Waals surface area contributed by atoms with Crippen molar-refractivity contribution in [3.05, 3.63) is 60.2 Å². The lowest BCUT2D eigenvalue weighted by Crippen LogP contribution is -2.87. The summed E-state index contributed by atoms with van der Waals surface area (Å²) in [6, 6.07) is 17.5. The molecule has 0 saturated carbocycles. The number of aliphatic hydroxyl groups excluding tert-OH is 1. The number of para-hydroxylation sites is 1. The summed E-state index contributed by atoms with van der Waals surface area (Å²) in [5.74, 6) is 1.66. The Morgan fingerprint density at radius 2 is 1.64 bits per heavy atom. The first-order valence-corrected chi connectivity index (χ1v) is 7.61. The van der Waals surface area contributed by atoms with Gasteiger partial charge in [-0.1, -0.05) is 35.9 Å². The number of rotatable bonds is 9. The topological polar surface area (TPSA) is 55.3 Å². The minimum absolute atomic E-state index is 0.305. The van der Waals surface area contributed by atoms with Gasteiger partial charge >= 0.3 is 0 Å². The molecule has 1 atom stereocenters. The number of benzene rings is 2. The van der Waals surface area contributed by atoms with Crippen molar-refractivity contribution in [2.24, 2.45) is 0 Å². The van der Waals surface area contributed by atoms with Crippen LogP contribution in [0.4, 0.5) is 0 Å². The van der Waals surface area contributed by atoms with Gasteiger partial charge in [-0.3, -0.25) is 0 Å². The van der Waals surface area contributed by atoms with Gasteiger partial charge in [0.25, 0.3) is 0 Å². The summed E-state index contributed by atoms with van der Waals surface area (Å²) in [5.41, 5.74) is 1.22. The Labute approximate surface area is 131 Å². The number of hydrogen-bond acceptors (Lipinski definition) is 3. The van der Waals surface area contributed by atoms with E-state index in [1.165, 1.54) is 5.56 Å². The van der Waals surface area contributed by atoms with Crippen molar-refractivity contribution in [3.8, 4) is 11.5 Å². The van der Waals surface area contributed by atoms with Crippen molar-refractivity contribution < 1.29 is 19.9 Å². The van der Waals surface area contributed by atoms with E-state index in [0.29, 0.717) is 19.8 Å². The van der Waals surface area contributed by atoms with Gasteiger partial charge in [0.1, 0.15) is 43.9 Å². The molecular weight excluding hydrogens is 278 g/mol. The van der Waals surface area contributed by atoms with E-state index in [2.05, 4.69) is 6.92 Å². The van der Waals surface area contributed by atoms with Crippen LogP contribution in [0.5, 0.6) is 11.5 Å². The smallest absolute Gasteiger partial charge is 0.137 e. The second kappa shape index (κ2) is 9.07. The van der Waals surface area contributed by atoms with Crippen molar-refractivity contribution in [3.63, 3.8) is 0 Å². The van der Waals surface area contributed by atoms with Crippen LogP contribution in [0.25, 0.3) is 0 Å². The molecule has 4 heteroatoms. The summed E-state index contributed by atoms with van der Waals surface area (Å²) >= 11 is 0. The molecular formula is C18H24NO3+. The van der Waals surface area contributed by atoms with Gasteiger partial charge in [-0.25, -0.2) is 0 Å². The second-order valence-electron chi connectivity index (χ2n) is 5.25. The first-order valence-electron chi connectivity index (χ1n) is 7.61. The maximum atomic E-state index is 9.86. The summed E-state index contributed by atoms with van der Waals surface area (Å²) in [7, 11) is 0. The zero-order valence-corrected chi connectivity index (χ0v) is 12.9. The second-order valence-corrected chi connectivity index (χ2v) is 5.25. The van der Waals surface area contributed by atoms with Crippen LogP contribution >= 0.6 is 0 Å². The van der Waals surface area contributed by atoms with Gasteiger partial charge in [-0.15, -0.1) is 0 Å². The maximum Gasteiger partial charge on any atom is 0.137 e. The first kappa shape index (κ1) is 16.3. The fourth-order valence-corrected chi connectivity index (χ4v) is 1.98. The lowest BCUT2D eigenvalue weighted by atomic mass is 10.2. The van der Waals surface area contributed by atoms with Crippen molar-refractivity contribution in [2.45, 2.75) is 13.0 Å². The van der Waals surface area contributed by atoms with Gasteiger partial charge in [-0.05, 0) is 31.2 Å². The monoisotopic (exact) mass is 302 g/mol. The highest BCUT2D eigenvalue weighted by atomic mass is 16.5. The molecule has 0 saturated heterocycles. The minimum Gasteiger partial charge on any atom is -0.491 e. The summed E-state index contributed by atoms with van der Waals surface area (Å²) in [4.78, 5) is 0. The van der Waals surface area contributed by atoms with Crippen LogP contribution in [0.2, 0.25) is 0 Å². The number of ether oxygens (including phenoxy) is 2. The van der Waals surface area contributed by atoms with Gasteiger partial charge in [-0.2, -0.15) is 0 Å². The predicted molar refractivity (Wildman–Crippen MR) is 86.3 cm³/mol. The quantitative estimate of drug-likeness (QED) is 0.688. The molecule has 0 aliphatic heterocycles. The molecule has 22 heavy (non-hydrogen) atoms. The van der Waals surface area contributed by atoms with E-state index in [0.717, 1.165) is 18.0 Å². The van der Waals surface area contributed by atoms with Crippen LogP contribution in [0.1, 0.15) is 5.56 Å². The van der Waals surface area contributed by atoms with Crippen LogP contribution in [-0.2, 0) is 0 Å². The molecule has 0 amide bonds. The largest absolute Gasteiger partial charge is 0.491 e. The van der Waals surface area contributed by atoms with Gasteiger partial charge in [0.2, 0.25) is 0 Å². The van der Waals surface area contributed by atoms with Crippen molar-refractivity contribution in [2.75, 3.05) is 26.3 Å². The Morgan fingerprint density at radius 3 is 2.36 bits per heavy atom. The summed E-state index contributed by atoms with van der Waals surface area (Å²) < 4.78 is 11.1. The minimum atomic E-state index is -0.486. The normalized spacial score (nSPS) is 11.9.